The number of nitrogens with zero attached hydrogens (tertiary/aromatic N) is 3. The summed E-state index contributed by atoms with van der Waals surface area (Å²) in [5, 5.41) is 0.603. The molecule has 0 bridgehead atoms. The molecule has 1 amide bonds. The van der Waals surface area contributed by atoms with Gasteiger partial charge in [0, 0.05) is 43.3 Å². The van der Waals surface area contributed by atoms with E-state index in [4.69, 9.17) is 11.6 Å². The maximum atomic E-state index is 14.6. The van der Waals surface area contributed by atoms with Crippen molar-refractivity contribution in [1.82, 2.24) is 14.1 Å². The molecular formula is C23H29ClFN3O3S. The molecule has 0 radical (unpaired) electrons. The van der Waals surface area contributed by atoms with Crippen LogP contribution < -0.4 is 0 Å². The molecule has 32 heavy (non-hydrogen) atoms. The van der Waals surface area contributed by atoms with Crippen LogP contribution in [0.2, 0.25) is 5.02 Å². The average Bonchev–Trinajstić information content (AvgIpc) is 2.78. The second kappa shape index (κ2) is 10.7. The summed E-state index contributed by atoms with van der Waals surface area (Å²) >= 11 is 5.96. The first-order valence-electron chi connectivity index (χ1n) is 10.7. The maximum Gasteiger partial charge on any atom is 0.254 e. The minimum absolute atomic E-state index is 0.148. The number of halogens is 2. The van der Waals surface area contributed by atoms with E-state index in [0.717, 1.165) is 30.9 Å². The van der Waals surface area contributed by atoms with Crippen molar-refractivity contribution in [1.29, 1.82) is 0 Å². The largest absolute Gasteiger partial charge is 0.333 e. The Balaban J connectivity index is 1.89. The van der Waals surface area contributed by atoms with Gasteiger partial charge in [0.05, 0.1) is 0 Å². The number of carbonyl (C=O) groups excluding carboxylic acids is 1. The quantitative estimate of drug-likeness (QED) is 0.574. The molecule has 0 N–H and O–H groups in total. The van der Waals surface area contributed by atoms with E-state index in [1.807, 2.05) is 31.1 Å². The Morgan fingerprint density at radius 2 is 1.69 bits per heavy atom. The zero-order valence-corrected chi connectivity index (χ0v) is 20.0. The maximum absolute atomic E-state index is 14.6. The zero-order chi connectivity index (χ0) is 23.3. The molecule has 2 aromatic rings. The van der Waals surface area contributed by atoms with Gasteiger partial charge >= 0.3 is 0 Å². The van der Waals surface area contributed by atoms with E-state index in [1.165, 1.54) is 16.4 Å². The standard InChI is InChI=1S/C23H29ClFN3O3S/c1-26(2)14-15-27(17-18-6-9-20(24)10-7-18)23(29)19-8-11-21(25)22(16-19)32(30,31)28-12-4-3-5-13-28/h6-11,16H,3-5,12-15,17H2,1-2H3. The van der Waals surface area contributed by atoms with Gasteiger partial charge in [0.25, 0.3) is 5.91 Å². The molecule has 174 valence electrons. The number of carbonyl (C=O) groups is 1. The molecule has 0 atom stereocenters. The Labute approximate surface area is 194 Å². The van der Waals surface area contributed by atoms with Crippen LogP contribution in [-0.4, -0.2) is 68.7 Å². The van der Waals surface area contributed by atoms with Crippen molar-refractivity contribution in [2.75, 3.05) is 40.3 Å². The van der Waals surface area contributed by atoms with Crippen LogP contribution >= 0.6 is 11.6 Å². The van der Waals surface area contributed by atoms with Gasteiger partial charge in [-0.25, -0.2) is 12.8 Å². The van der Waals surface area contributed by atoms with E-state index >= 15 is 0 Å². The zero-order valence-electron chi connectivity index (χ0n) is 18.4. The van der Waals surface area contributed by atoms with Crippen molar-refractivity contribution in [2.45, 2.75) is 30.7 Å². The topological polar surface area (TPSA) is 60.9 Å². The molecule has 0 spiro atoms. The Bertz CT molecular complexity index is 1040. The van der Waals surface area contributed by atoms with Crippen LogP contribution in [0.4, 0.5) is 4.39 Å². The monoisotopic (exact) mass is 481 g/mol. The Kier molecular flexibility index (Phi) is 8.27. The van der Waals surface area contributed by atoms with Crippen molar-refractivity contribution in [2.24, 2.45) is 0 Å². The summed E-state index contributed by atoms with van der Waals surface area (Å²) < 4.78 is 41.9. The highest BCUT2D eigenvalue weighted by Gasteiger charge is 2.30. The molecule has 1 aliphatic rings. The highest BCUT2D eigenvalue weighted by Crippen LogP contribution is 2.25. The number of piperidine rings is 1. The van der Waals surface area contributed by atoms with E-state index in [1.54, 1.807) is 17.0 Å². The Morgan fingerprint density at radius 3 is 2.31 bits per heavy atom. The van der Waals surface area contributed by atoms with Crippen molar-refractivity contribution in [3.63, 3.8) is 0 Å². The number of hydrogen-bond donors (Lipinski definition) is 0. The molecule has 0 aliphatic carbocycles. The normalized spacial score (nSPS) is 15.2. The Hall–Kier alpha value is -2.00. The van der Waals surface area contributed by atoms with Gasteiger partial charge in [0.15, 0.2) is 0 Å². The number of benzene rings is 2. The van der Waals surface area contributed by atoms with E-state index in [-0.39, 0.29) is 11.5 Å². The summed E-state index contributed by atoms with van der Waals surface area (Å²) in [4.78, 5) is 16.5. The molecule has 0 saturated carbocycles. The minimum atomic E-state index is -4.00. The summed E-state index contributed by atoms with van der Waals surface area (Å²) in [6.07, 6.45) is 2.45. The van der Waals surface area contributed by atoms with Crippen LogP contribution in [-0.2, 0) is 16.6 Å². The third-order valence-corrected chi connectivity index (χ3v) is 7.67. The fourth-order valence-corrected chi connectivity index (χ4v) is 5.38. The van der Waals surface area contributed by atoms with Crippen molar-refractivity contribution < 1.29 is 17.6 Å². The summed E-state index contributed by atoms with van der Waals surface area (Å²) in [5.74, 6) is -1.19. The molecule has 3 rings (SSSR count). The molecule has 0 unspecified atom stereocenters. The van der Waals surface area contributed by atoms with Gasteiger partial charge < -0.3 is 9.80 Å². The lowest BCUT2D eigenvalue weighted by atomic mass is 10.1. The lowest BCUT2D eigenvalue weighted by molar-refractivity contribution is 0.0731. The third kappa shape index (κ3) is 6.07. The van der Waals surface area contributed by atoms with Gasteiger partial charge in [-0.05, 0) is 62.8 Å². The fourth-order valence-electron chi connectivity index (χ4n) is 3.64. The lowest BCUT2D eigenvalue weighted by Gasteiger charge is -2.27. The number of hydrogen-bond acceptors (Lipinski definition) is 4. The van der Waals surface area contributed by atoms with Crippen LogP contribution in [0.25, 0.3) is 0 Å². The van der Waals surface area contributed by atoms with Crippen molar-refractivity contribution >= 4 is 27.5 Å². The predicted octanol–water partition coefficient (Wildman–Crippen LogP) is 3.86. The molecule has 9 heteroatoms. The van der Waals surface area contributed by atoms with Gasteiger partial charge in [-0.3, -0.25) is 4.79 Å². The molecule has 1 fully saturated rings. The summed E-state index contributed by atoms with van der Waals surface area (Å²) in [6, 6.07) is 10.8. The smallest absolute Gasteiger partial charge is 0.254 e. The van der Waals surface area contributed by atoms with Crippen LogP contribution in [0, 0.1) is 5.82 Å². The van der Waals surface area contributed by atoms with Gasteiger partial charge in [-0.15, -0.1) is 0 Å². The van der Waals surface area contributed by atoms with Crippen LogP contribution in [0.5, 0.6) is 0 Å². The molecule has 6 nitrogen and oxygen atoms in total. The highest BCUT2D eigenvalue weighted by atomic mass is 35.5. The first kappa shape index (κ1) is 24.6. The predicted molar refractivity (Wildman–Crippen MR) is 124 cm³/mol. The first-order valence-corrected chi connectivity index (χ1v) is 12.5. The number of rotatable bonds is 8. The third-order valence-electron chi connectivity index (χ3n) is 5.50. The molecule has 1 heterocycles. The van der Waals surface area contributed by atoms with Gasteiger partial charge in [0.1, 0.15) is 10.7 Å². The minimum Gasteiger partial charge on any atom is -0.333 e. The van der Waals surface area contributed by atoms with Gasteiger partial charge in [-0.2, -0.15) is 4.31 Å². The van der Waals surface area contributed by atoms with E-state index < -0.39 is 20.7 Å². The number of sulfonamides is 1. The SMILES string of the molecule is CN(C)CCN(Cc1ccc(Cl)cc1)C(=O)c1ccc(F)c(S(=O)(=O)N2CCCCC2)c1. The van der Waals surface area contributed by atoms with Gasteiger partial charge in [0.2, 0.25) is 10.0 Å². The van der Waals surface area contributed by atoms with Crippen molar-refractivity contribution in [3.05, 3.63) is 64.4 Å². The molecule has 2 aromatic carbocycles. The van der Waals surface area contributed by atoms with Crippen LogP contribution in [0.15, 0.2) is 47.4 Å². The number of amides is 1. The summed E-state index contributed by atoms with van der Waals surface area (Å²) in [7, 11) is -0.181. The fraction of sp³-hybridized carbons (Fsp3) is 0.435. The average molecular weight is 482 g/mol. The molecule has 1 saturated heterocycles. The number of likely N-dealkylation sites (N-methyl/N-ethyl adjacent to an activating group) is 1. The van der Waals surface area contributed by atoms with Crippen LogP contribution in [0.3, 0.4) is 0 Å². The Morgan fingerprint density at radius 1 is 1.03 bits per heavy atom. The van der Waals surface area contributed by atoms with Gasteiger partial charge in [-0.1, -0.05) is 30.2 Å². The molecule has 0 aromatic heterocycles. The summed E-state index contributed by atoms with van der Waals surface area (Å²) in [5.41, 5.74) is 1.04. The first-order chi connectivity index (χ1) is 15.2. The lowest BCUT2D eigenvalue weighted by Crippen LogP contribution is -2.37. The van der Waals surface area contributed by atoms with E-state index in [0.29, 0.717) is 37.7 Å². The van der Waals surface area contributed by atoms with Crippen molar-refractivity contribution in [3.8, 4) is 0 Å². The highest BCUT2D eigenvalue weighted by molar-refractivity contribution is 7.89. The van der Waals surface area contributed by atoms with E-state index in [2.05, 4.69) is 0 Å². The molecular weight excluding hydrogens is 453 g/mol. The van der Waals surface area contributed by atoms with E-state index in [9.17, 15) is 17.6 Å². The summed E-state index contributed by atoms with van der Waals surface area (Å²) in [6.45, 7) is 2.12. The molecule has 1 aliphatic heterocycles. The second-order valence-corrected chi connectivity index (χ2v) is 10.6. The van der Waals surface area contributed by atoms with Crippen LogP contribution in [0.1, 0.15) is 35.2 Å². The second-order valence-electron chi connectivity index (χ2n) is 8.27.